The Hall–Kier alpha value is -4.37. The molecule has 3 N–H and O–H groups in total. The molecule has 1 atom stereocenters. The smallest absolute Gasteiger partial charge is 0.269 e. The lowest BCUT2D eigenvalue weighted by Crippen LogP contribution is -2.45. The Bertz CT molecular complexity index is 1400. The Morgan fingerprint density at radius 2 is 1.69 bits per heavy atom. The van der Waals surface area contributed by atoms with Crippen LogP contribution in [0.25, 0.3) is 11.0 Å². The Balaban J connectivity index is 1.18. The maximum Gasteiger partial charge on any atom is 0.269 e. The Kier molecular flexibility index (Phi) is 6.58. The van der Waals surface area contributed by atoms with Gasteiger partial charge in [0.1, 0.15) is 0 Å². The van der Waals surface area contributed by atoms with Crippen molar-refractivity contribution in [2.24, 2.45) is 0 Å². The zero-order valence-corrected chi connectivity index (χ0v) is 19.4. The standard InChI is InChI=1S/C26H22N6O2S/c33-24(30-31-25(34)23(32-16-6-15-27-32)19-7-2-1-3-8-19)20-13-11-18(12-14-20)17-35-26-28-21-9-4-5-10-22(21)29-26/h1-16,23H,17H2,(H,28,29)(H,30,33)(H,31,34). The number of rotatable bonds is 7. The van der Waals surface area contributed by atoms with Gasteiger partial charge in [-0.15, -0.1) is 0 Å². The molecule has 8 nitrogen and oxygen atoms in total. The molecule has 35 heavy (non-hydrogen) atoms. The van der Waals surface area contributed by atoms with Crippen LogP contribution in [0.4, 0.5) is 0 Å². The summed E-state index contributed by atoms with van der Waals surface area (Å²) in [6.45, 7) is 0. The van der Waals surface area contributed by atoms with Crippen LogP contribution in [-0.4, -0.2) is 31.6 Å². The molecule has 1 unspecified atom stereocenters. The van der Waals surface area contributed by atoms with Gasteiger partial charge >= 0.3 is 0 Å². The van der Waals surface area contributed by atoms with Crippen molar-refractivity contribution in [2.45, 2.75) is 17.0 Å². The van der Waals surface area contributed by atoms with Crippen LogP contribution >= 0.6 is 11.8 Å². The molecule has 9 heteroatoms. The summed E-state index contributed by atoms with van der Waals surface area (Å²) in [5.41, 5.74) is 9.23. The second kappa shape index (κ2) is 10.3. The molecule has 0 aliphatic carbocycles. The monoisotopic (exact) mass is 482 g/mol. The lowest BCUT2D eigenvalue weighted by atomic mass is 10.1. The molecular weight excluding hydrogens is 460 g/mol. The molecule has 0 aliphatic heterocycles. The van der Waals surface area contributed by atoms with E-state index in [1.807, 2.05) is 66.7 Å². The maximum atomic E-state index is 12.9. The van der Waals surface area contributed by atoms with Gasteiger partial charge in [-0.25, -0.2) is 4.98 Å². The highest BCUT2D eigenvalue weighted by Gasteiger charge is 2.23. The predicted octanol–water partition coefficient (Wildman–Crippen LogP) is 4.10. The van der Waals surface area contributed by atoms with Gasteiger partial charge in [0, 0.05) is 23.7 Å². The van der Waals surface area contributed by atoms with Crippen LogP contribution in [-0.2, 0) is 10.5 Å². The minimum absolute atomic E-state index is 0.396. The molecule has 0 fully saturated rings. The van der Waals surface area contributed by atoms with Gasteiger partial charge in [-0.3, -0.25) is 25.1 Å². The van der Waals surface area contributed by atoms with Gasteiger partial charge in [0.15, 0.2) is 11.2 Å². The fourth-order valence-corrected chi connectivity index (χ4v) is 4.49. The van der Waals surface area contributed by atoms with E-state index in [4.69, 9.17) is 0 Å². The summed E-state index contributed by atoms with van der Waals surface area (Å²) in [4.78, 5) is 33.4. The topological polar surface area (TPSA) is 105 Å². The number of hydrogen-bond acceptors (Lipinski definition) is 5. The molecule has 174 valence electrons. The van der Waals surface area contributed by atoms with Gasteiger partial charge in [-0.05, 0) is 41.5 Å². The zero-order chi connectivity index (χ0) is 24.0. The maximum absolute atomic E-state index is 12.9. The molecule has 0 radical (unpaired) electrons. The summed E-state index contributed by atoms with van der Waals surface area (Å²) >= 11 is 1.59. The first-order valence-corrected chi connectivity index (χ1v) is 12.0. The number of hydrazine groups is 1. The van der Waals surface area contributed by atoms with Crippen molar-refractivity contribution in [3.8, 4) is 0 Å². The normalized spacial score (nSPS) is 11.8. The average Bonchev–Trinajstić information content (AvgIpc) is 3.57. The Labute approximate surface area is 205 Å². The number of hydrogen-bond donors (Lipinski definition) is 3. The zero-order valence-electron chi connectivity index (χ0n) is 18.6. The van der Waals surface area contributed by atoms with Gasteiger partial charge in [0.05, 0.1) is 11.0 Å². The molecule has 0 saturated carbocycles. The van der Waals surface area contributed by atoms with Crippen molar-refractivity contribution in [3.63, 3.8) is 0 Å². The van der Waals surface area contributed by atoms with Crippen molar-refractivity contribution in [2.75, 3.05) is 0 Å². The van der Waals surface area contributed by atoms with Crippen molar-refractivity contribution in [1.29, 1.82) is 0 Å². The quantitative estimate of drug-likeness (QED) is 0.239. The van der Waals surface area contributed by atoms with Crippen molar-refractivity contribution < 1.29 is 9.59 Å². The third-order valence-electron chi connectivity index (χ3n) is 5.41. The van der Waals surface area contributed by atoms with Crippen LogP contribution in [0.3, 0.4) is 0 Å². The van der Waals surface area contributed by atoms with Crippen molar-refractivity contribution in [3.05, 3.63) is 114 Å². The summed E-state index contributed by atoms with van der Waals surface area (Å²) in [6, 6.07) is 25.5. The van der Waals surface area contributed by atoms with E-state index < -0.39 is 17.9 Å². The van der Waals surface area contributed by atoms with Crippen molar-refractivity contribution >= 4 is 34.6 Å². The molecule has 0 spiro atoms. The van der Waals surface area contributed by atoms with E-state index in [2.05, 4.69) is 25.9 Å². The summed E-state index contributed by atoms with van der Waals surface area (Å²) < 4.78 is 1.55. The molecular formula is C26H22N6O2S. The van der Waals surface area contributed by atoms with Crippen LogP contribution in [0.15, 0.2) is 102 Å². The second-order valence-electron chi connectivity index (χ2n) is 7.79. The Morgan fingerprint density at radius 3 is 2.43 bits per heavy atom. The number of amides is 2. The molecule has 0 aliphatic rings. The van der Waals surface area contributed by atoms with Crippen LogP contribution in [0.2, 0.25) is 0 Å². The van der Waals surface area contributed by atoms with Crippen LogP contribution in [0.5, 0.6) is 0 Å². The molecule has 0 bridgehead atoms. The van der Waals surface area contributed by atoms with E-state index >= 15 is 0 Å². The highest BCUT2D eigenvalue weighted by molar-refractivity contribution is 7.98. The summed E-state index contributed by atoms with van der Waals surface area (Å²) in [6.07, 6.45) is 3.32. The highest BCUT2D eigenvalue weighted by atomic mass is 32.2. The van der Waals surface area contributed by atoms with E-state index in [-0.39, 0.29) is 0 Å². The number of aromatic amines is 1. The number of fused-ring (bicyclic) bond motifs is 1. The van der Waals surface area contributed by atoms with Gasteiger partial charge in [-0.1, -0.05) is 66.4 Å². The molecule has 0 saturated heterocycles. The van der Waals surface area contributed by atoms with Crippen molar-refractivity contribution in [1.82, 2.24) is 30.6 Å². The average molecular weight is 483 g/mol. The largest absolute Gasteiger partial charge is 0.333 e. The number of H-pyrrole nitrogens is 1. The summed E-state index contributed by atoms with van der Waals surface area (Å²) in [5.74, 6) is -0.0876. The first-order valence-electron chi connectivity index (χ1n) is 11.0. The molecule has 2 heterocycles. The lowest BCUT2D eigenvalue weighted by Gasteiger charge is -2.18. The van der Waals surface area contributed by atoms with Gasteiger partial charge < -0.3 is 4.98 Å². The fraction of sp³-hybridized carbons (Fsp3) is 0.0769. The number of nitrogens with one attached hydrogen (secondary N) is 3. The summed E-state index contributed by atoms with van der Waals surface area (Å²) in [5, 5.41) is 5.04. The SMILES string of the molecule is O=C(NNC(=O)C(c1ccccc1)n1cccn1)c1ccc(CSc2nc3ccccc3[nH]2)cc1. The van der Waals surface area contributed by atoms with E-state index in [1.165, 1.54) is 0 Å². The minimum Gasteiger partial charge on any atom is -0.333 e. The highest BCUT2D eigenvalue weighted by Crippen LogP contribution is 2.23. The van der Waals surface area contributed by atoms with Gasteiger partial charge in [0.2, 0.25) is 0 Å². The lowest BCUT2D eigenvalue weighted by molar-refractivity contribution is -0.124. The van der Waals surface area contributed by atoms with Gasteiger partial charge in [-0.2, -0.15) is 5.10 Å². The third-order valence-corrected chi connectivity index (χ3v) is 6.36. The number of imidazole rings is 1. The van der Waals surface area contributed by atoms with Crippen LogP contribution < -0.4 is 10.9 Å². The number of para-hydroxylation sites is 2. The molecule has 2 amide bonds. The first-order chi connectivity index (χ1) is 17.2. The number of carbonyl (C=O) groups excluding carboxylic acids is 2. The number of benzene rings is 3. The number of nitrogens with zero attached hydrogens (tertiary/aromatic N) is 3. The fourth-order valence-electron chi connectivity index (χ4n) is 3.65. The molecule has 5 aromatic rings. The minimum atomic E-state index is -0.704. The van der Waals surface area contributed by atoms with E-state index in [0.29, 0.717) is 11.3 Å². The number of thioether (sulfide) groups is 1. The second-order valence-corrected chi connectivity index (χ2v) is 8.75. The van der Waals surface area contributed by atoms with E-state index in [9.17, 15) is 9.59 Å². The Morgan fingerprint density at radius 1 is 0.914 bits per heavy atom. The van der Waals surface area contributed by atoms with Gasteiger partial charge in [0.25, 0.3) is 11.8 Å². The molecule has 3 aromatic carbocycles. The predicted molar refractivity (Wildman–Crippen MR) is 135 cm³/mol. The van der Waals surface area contributed by atoms with Crippen LogP contribution in [0, 0.1) is 0 Å². The van der Waals surface area contributed by atoms with Crippen LogP contribution in [0.1, 0.15) is 27.5 Å². The third kappa shape index (κ3) is 5.25. The molecule has 2 aromatic heterocycles. The first kappa shape index (κ1) is 22.4. The molecule has 5 rings (SSSR count). The number of carbonyl (C=O) groups is 2. The number of aromatic nitrogens is 4. The van der Waals surface area contributed by atoms with E-state index in [0.717, 1.165) is 27.3 Å². The van der Waals surface area contributed by atoms with E-state index in [1.54, 1.807) is 47.0 Å². The summed E-state index contributed by atoms with van der Waals surface area (Å²) in [7, 11) is 0.